The van der Waals surface area contributed by atoms with Crippen molar-refractivity contribution in [1.82, 2.24) is 25.2 Å². The van der Waals surface area contributed by atoms with Gasteiger partial charge in [-0.2, -0.15) is 5.21 Å². The van der Waals surface area contributed by atoms with Gasteiger partial charge in [-0.3, -0.25) is 0 Å². The number of hydrogen-bond donors (Lipinski definition) is 1. The van der Waals surface area contributed by atoms with E-state index in [1.165, 1.54) is 50.0 Å². The summed E-state index contributed by atoms with van der Waals surface area (Å²) in [4.78, 5) is 0. The Bertz CT molecular complexity index is 1520. The molecule has 5 aromatic rings. The maximum atomic E-state index is 4.18. The molecule has 5 heteroatoms. The van der Waals surface area contributed by atoms with Gasteiger partial charge in [0.15, 0.2) is 5.82 Å². The van der Waals surface area contributed by atoms with E-state index in [0.717, 1.165) is 31.4 Å². The number of aromatic amines is 1. The molecule has 3 aromatic carbocycles. The molecule has 1 aliphatic carbocycles. The van der Waals surface area contributed by atoms with E-state index < -0.39 is 0 Å². The first-order chi connectivity index (χ1) is 16.7. The number of nitrogens with zero attached hydrogens (tertiary/aromatic N) is 4. The van der Waals surface area contributed by atoms with Gasteiger partial charge in [0.2, 0.25) is 0 Å². The Kier molecular flexibility index (Phi) is 5.10. The molecule has 0 fully saturated rings. The summed E-state index contributed by atoms with van der Waals surface area (Å²) in [6.07, 6.45) is 5.10. The van der Waals surface area contributed by atoms with E-state index in [1.54, 1.807) is 0 Å². The van der Waals surface area contributed by atoms with Crippen LogP contribution in [-0.2, 0) is 25.8 Å². The first-order valence-corrected chi connectivity index (χ1v) is 11.9. The van der Waals surface area contributed by atoms with E-state index in [-0.39, 0.29) is 0 Å². The topological polar surface area (TPSA) is 59.4 Å². The molecule has 0 spiro atoms. The molecule has 2 heterocycles. The number of aryl methyl sites for hydroxylation is 3. The first kappa shape index (κ1) is 20.6. The molecule has 168 valence electrons. The van der Waals surface area contributed by atoms with Gasteiger partial charge in [0.25, 0.3) is 0 Å². The minimum Gasteiger partial charge on any atom is -0.340 e. The molecule has 6 rings (SSSR count). The monoisotopic (exact) mass is 445 g/mol. The van der Waals surface area contributed by atoms with Gasteiger partial charge in [-0.05, 0) is 82.5 Å². The molecule has 0 unspecified atom stereocenters. The molecular formula is C29H27N5. The highest BCUT2D eigenvalue weighted by atomic mass is 15.5. The van der Waals surface area contributed by atoms with Gasteiger partial charge in [0.05, 0.1) is 0 Å². The molecule has 0 aliphatic heterocycles. The number of para-hydroxylation sites is 1. The van der Waals surface area contributed by atoms with Crippen molar-refractivity contribution in [3.63, 3.8) is 0 Å². The number of benzene rings is 3. The quantitative estimate of drug-likeness (QED) is 0.383. The van der Waals surface area contributed by atoms with Gasteiger partial charge in [-0.25, -0.2) is 0 Å². The summed E-state index contributed by atoms with van der Waals surface area (Å²) in [6.45, 7) is 5.38. The zero-order valence-electron chi connectivity index (χ0n) is 19.5. The molecule has 34 heavy (non-hydrogen) atoms. The van der Waals surface area contributed by atoms with Gasteiger partial charge < -0.3 is 4.57 Å². The van der Waals surface area contributed by atoms with Crippen molar-refractivity contribution in [3.05, 3.63) is 112 Å². The molecule has 1 N–H and O–H groups in total. The summed E-state index contributed by atoms with van der Waals surface area (Å²) in [5, 5.41) is 16.0. The molecule has 0 saturated carbocycles. The minimum atomic E-state index is 0.601. The average molecular weight is 446 g/mol. The first-order valence-electron chi connectivity index (χ1n) is 11.9. The van der Waals surface area contributed by atoms with Crippen LogP contribution < -0.4 is 0 Å². The summed E-state index contributed by atoms with van der Waals surface area (Å²) < 4.78 is 2.49. The Morgan fingerprint density at radius 2 is 1.74 bits per heavy atom. The summed E-state index contributed by atoms with van der Waals surface area (Å²) in [7, 11) is 0. The second-order valence-electron chi connectivity index (χ2n) is 9.01. The number of rotatable bonds is 4. The number of nitrogens with one attached hydrogen (secondary N) is 1. The lowest BCUT2D eigenvalue weighted by atomic mass is 9.92. The molecule has 2 aromatic heterocycles. The fraction of sp³-hybridized carbons (Fsp3) is 0.207. The van der Waals surface area contributed by atoms with Gasteiger partial charge in [-0.15, -0.1) is 10.2 Å². The number of aromatic nitrogens is 5. The van der Waals surface area contributed by atoms with E-state index in [4.69, 9.17) is 0 Å². The lowest BCUT2D eigenvalue weighted by molar-refractivity contribution is 0.769. The number of H-pyrrole nitrogens is 1. The highest BCUT2D eigenvalue weighted by molar-refractivity contribution is 5.93. The second kappa shape index (κ2) is 8.41. The van der Waals surface area contributed by atoms with Crippen LogP contribution in [0.4, 0.5) is 0 Å². The highest BCUT2D eigenvalue weighted by Gasteiger charge is 2.20. The summed E-state index contributed by atoms with van der Waals surface area (Å²) in [5.41, 5.74) is 11.9. The lowest BCUT2D eigenvalue weighted by Gasteiger charge is -2.15. The second-order valence-corrected chi connectivity index (χ2v) is 9.01. The Balaban J connectivity index is 1.46. The van der Waals surface area contributed by atoms with E-state index in [1.807, 2.05) is 6.08 Å². The average Bonchev–Trinajstić information content (AvgIpc) is 3.44. The van der Waals surface area contributed by atoms with Crippen molar-refractivity contribution in [2.24, 2.45) is 0 Å². The summed E-state index contributed by atoms with van der Waals surface area (Å²) in [5.74, 6) is 0.601. The zero-order chi connectivity index (χ0) is 23.1. The summed E-state index contributed by atoms with van der Waals surface area (Å²) in [6, 6.07) is 24.4. The van der Waals surface area contributed by atoms with Crippen LogP contribution in [0.5, 0.6) is 0 Å². The van der Waals surface area contributed by atoms with Gasteiger partial charge in [0, 0.05) is 23.1 Å². The molecule has 0 atom stereocenters. The van der Waals surface area contributed by atoms with Crippen LogP contribution in [0.2, 0.25) is 0 Å². The molecule has 0 amide bonds. The van der Waals surface area contributed by atoms with Crippen molar-refractivity contribution in [2.45, 2.75) is 39.7 Å². The Labute approximate surface area is 199 Å². The van der Waals surface area contributed by atoms with Crippen LogP contribution >= 0.6 is 0 Å². The molecular weight excluding hydrogens is 418 g/mol. The molecule has 0 radical (unpaired) electrons. The Morgan fingerprint density at radius 3 is 2.59 bits per heavy atom. The third-order valence-corrected chi connectivity index (χ3v) is 7.10. The molecule has 5 nitrogen and oxygen atoms in total. The van der Waals surface area contributed by atoms with Crippen molar-refractivity contribution >= 4 is 22.6 Å². The fourth-order valence-corrected chi connectivity index (χ4v) is 5.49. The largest absolute Gasteiger partial charge is 0.340 e. The predicted octanol–water partition coefficient (Wildman–Crippen LogP) is 5.76. The van der Waals surface area contributed by atoms with E-state index in [0.29, 0.717) is 5.82 Å². The van der Waals surface area contributed by atoms with E-state index in [9.17, 15) is 0 Å². The Hall–Kier alpha value is -3.99. The smallest absolute Gasteiger partial charge is 0.198 e. The normalized spacial score (nSPS) is 14.2. The van der Waals surface area contributed by atoms with Crippen molar-refractivity contribution in [2.75, 3.05) is 0 Å². The van der Waals surface area contributed by atoms with E-state index >= 15 is 0 Å². The van der Waals surface area contributed by atoms with Crippen molar-refractivity contribution < 1.29 is 0 Å². The van der Waals surface area contributed by atoms with Crippen LogP contribution in [0.1, 0.15) is 51.8 Å². The molecule has 0 saturated heterocycles. The molecule has 0 bridgehead atoms. The van der Waals surface area contributed by atoms with Crippen LogP contribution in [0.25, 0.3) is 22.6 Å². The standard InChI is InChI=1S/C29H27N5/c1-3-27-19(2)23-9-6-7-11-28(23)34(27)18-20-12-15-25-22(16-20)14-13-21-8-4-5-10-24(21)26(25)17-29-30-32-33-31-29/h4-12,15-17H,3,13-14,18H2,1-2H3,(H,30,31,32,33)/b26-17+. The predicted molar refractivity (Wildman–Crippen MR) is 137 cm³/mol. The maximum absolute atomic E-state index is 4.18. The molecule has 1 aliphatic rings. The van der Waals surface area contributed by atoms with E-state index in [2.05, 4.69) is 106 Å². The zero-order valence-corrected chi connectivity index (χ0v) is 19.5. The number of hydrogen-bond acceptors (Lipinski definition) is 3. The van der Waals surface area contributed by atoms with Gasteiger partial charge in [0.1, 0.15) is 0 Å². The highest BCUT2D eigenvalue weighted by Crippen LogP contribution is 2.35. The van der Waals surface area contributed by atoms with Crippen molar-refractivity contribution in [3.8, 4) is 0 Å². The van der Waals surface area contributed by atoms with Gasteiger partial charge in [-0.1, -0.05) is 67.6 Å². The van der Waals surface area contributed by atoms with Crippen LogP contribution in [0.15, 0.2) is 66.7 Å². The van der Waals surface area contributed by atoms with Crippen LogP contribution in [0, 0.1) is 6.92 Å². The number of fused-ring (bicyclic) bond motifs is 3. The van der Waals surface area contributed by atoms with Crippen LogP contribution in [0.3, 0.4) is 0 Å². The third-order valence-electron chi connectivity index (χ3n) is 7.10. The van der Waals surface area contributed by atoms with Crippen molar-refractivity contribution in [1.29, 1.82) is 0 Å². The summed E-state index contributed by atoms with van der Waals surface area (Å²) >= 11 is 0. The van der Waals surface area contributed by atoms with Crippen LogP contribution in [-0.4, -0.2) is 25.2 Å². The minimum absolute atomic E-state index is 0.601. The fourth-order valence-electron chi connectivity index (χ4n) is 5.49. The third kappa shape index (κ3) is 3.45. The SMILES string of the molecule is CCc1c(C)c2ccccc2n1Cc1ccc2c(c1)CCc1ccccc1/C2=C\c1nn[nH]n1. The van der Waals surface area contributed by atoms with Gasteiger partial charge >= 0.3 is 0 Å². The number of tetrazole rings is 1. The Morgan fingerprint density at radius 1 is 0.941 bits per heavy atom. The lowest BCUT2D eigenvalue weighted by Crippen LogP contribution is -2.05. The maximum Gasteiger partial charge on any atom is 0.198 e.